The number of likely N-dealkylation sites (tertiary alicyclic amines) is 1. The van der Waals surface area contributed by atoms with Gasteiger partial charge < -0.3 is 9.80 Å². The largest absolute Gasteiger partial charge is 0.341 e. The number of benzene rings is 2. The summed E-state index contributed by atoms with van der Waals surface area (Å²) >= 11 is 26.8. The molecule has 184 valence electrons. The number of rotatable bonds is 8. The topological polar surface area (TPSA) is 26.8 Å². The summed E-state index contributed by atoms with van der Waals surface area (Å²) in [5, 5.41) is 1.97. The second kappa shape index (κ2) is 12.1. The summed E-state index contributed by atoms with van der Waals surface area (Å²) in [6.45, 7) is 6.19. The molecule has 1 atom stereocenters. The molecular formula is C25H29Cl4N3OS. The van der Waals surface area contributed by atoms with Crippen molar-refractivity contribution in [1.82, 2.24) is 14.7 Å². The molecule has 0 aromatic heterocycles. The van der Waals surface area contributed by atoms with Gasteiger partial charge in [0.2, 0.25) is 0 Å². The van der Waals surface area contributed by atoms with Gasteiger partial charge in [0.15, 0.2) is 0 Å². The fourth-order valence-corrected chi connectivity index (χ4v) is 6.44. The molecule has 0 N–H and O–H groups in total. The summed E-state index contributed by atoms with van der Waals surface area (Å²) in [7, 11) is 1.82. The third-order valence-corrected chi connectivity index (χ3v) is 8.78. The Morgan fingerprint density at radius 3 is 2.35 bits per heavy atom. The van der Waals surface area contributed by atoms with Gasteiger partial charge in [-0.2, -0.15) is 11.8 Å². The maximum absolute atomic E-state index is 13.1. The van der Waals surface area contributed by atoms with E-state index in [9.17, 15) is 4.79 Å². The van der Waals surface area contributed by atoms with E-state index in [-0.39, 0.29) is 11.8 Å². The normalized spacial score (nSPS) is 18.5. The van der Waals surface area contributed by atoms with Gasteiger partial charge in [-0.05, 0) is 48.9 Å². The van der Waals surface area contributed by atoms with Crippen molar-refractivity contribution in [1.29, 1.82) is 0 Å². The number of hydrogen-bond donors (Lipinski definition) is 0. The Morgan fingerprint density at radius 1 is 1.03 bits per heavy atom. The van der Waals surface area contributed by atoms with E-state index in [1.807, 2.05) is 25.2 Å². The van der Waals surface area contributed by atoms with Gasteiger partial charge in [0.25, 0.3) is 5.91 Å². The van der Waals surface area contributed by atoms with Crippen molar-refractivity contribution < 1.29 is 4.79 Å². The molecule has 2 saturated heterocycles. The van der Waals surface area contributed by atoms with Crippen molar-refractivity contribution in [3.05, 3.63) is 67.6 Å². The third-order valence-electron chi connectivity index (χ3n) is 6.66. The summed E-state index contributed by atoms with van der Waals surface area (Å²) in [6, 6.07) is 11.4. The SMILES string of the molecule is CN(CC(CCN1CC(N2CCSCC2)C1)c1ccc(Cl)c(Cl)c1)C(=O)c1cc(Cl)cc(Cl)c1. The number of carbonyl (C=O) groups excluding carboxylic acids is 1. The summed E-state index contributed by atoms with van der Waals surface area (Å²) in [6.07, 6.45) is 0.925. The lowest BCUT2D eigenvalue weighted by Gasteiger charge is -2.47. The van der Waals surface area contributed by atoms with Crippen LogP contribution < -0.4 is 0 Å². The Bertz CT molecular complexity index is 991. The number of carbonyl (C=O) groups is 1. The second-order valence-corrected chi connectivity index (χ2v) is 12.0. The van der Waals surface area contributed by atoms with Gasteiger partial charge in [-0.25, -0.2) is 0 Å². The average molecular weight is 561 g/mol. The molecule has 4 nitrogen and oxygen atoms in total. The van der Waals surface area contributed by atoms with Crippen molar-refractivity contribution in [2.24, 2.45) is 0 Å². The zero-order chi connectivity index (χ0) is 24.2. The highest BCUT2D eigenvalue weighted by molar-refractivity contribution is 7.99. The van der Waals surface area contributed by atoms with E-state index in [1.54, 1.807) is 23.1 Å². The van der Waals surface area contributed by atoms with Crippen molar-refractivity contribution in [3.8, 4) is 0 Å². The molecule has 0 spiro atoms. The lowest BCUT2D eigenvalue weighted by Crippen LogP contribution is -2.61. The first-order valence-electron chi connectivity index (χ1n) is 11.5. The first kappa shape index (κ1) is 26.4. The minimum atomic E-state index is -0.110. The molecule has 1 unspecified atom stereocenters. The van der Waals surface area contributed by atoms with Crippen LogP contribution in [0.2, 0.25) is 20.1 Å². The predicted molar refractivity (Wildman–Crippen MR) is 146 cm³/mol. The fraction of sp³-hybridized carbons (Fsp3) is 0.480. The zero-order valence-electron chi connectivity index (χ0n) is 19.2. The number of likely N-dealkylation sites (N-methyl/N-ethyl adjacent to an activating group) is 1. The van der Waals surface area contributed by atoms with E-state index in [1.165, 1.54) is 24.6 Å². The van der Waals surface area contributed by atoms with E-state index in [0.717, 1.165) is 31.6 Å². The van der Waals surface area contributed by atoms with Gasteiger partial charge >= 0.3 is 0 Å². The molecule has 0 aliphatic carbocycles. The minimum Gasteiger partial charge on any atom is -0.341 e. The molecular weight excluding hydrogens is 532 g/mol. The summed E-state index contributed by atoms with van der Waals surface area (Å²) in [5.41, 5.74) is 1.57. The maximum atomic E-state index is 13.1. The Morgan fingerprint density at radius 2 is 1.71 bits per heavy atom. The molecule has 2 heterocycles. The molecule has 0 bridgehead atoms. The van der Waals surface area contributed by atoms with Gasteiger partial charge in [0, 0.05) is 78.8 Å². The zero-order valence-corrected chi connectivity index (χ0v) is 23.0. The molecule has 9 heteroatoms. The van der Waals surface area contributed by atoms with E-state index in [2.05, 4.69) is 21.6 Å². The van der Waals surface area contributed by atoms with Crippen LogP contribution in [0.15, 0.2) is 36.4 Å². The molecule has 34 heavy (non-hydrogen) atoms. The minimum absolute atomic E-state index is 0.110. The summed E-state index contributed by atoms with van der Waals surface area (Å²) in [5.74, 6) is 2.51. The standard InChI is InChI=1S/C25H29Cl4N3OS/c1-30(25(33)19-10-20(26)13-21(27)11-19)14-18(17-2-3-23(28)24(29)12-17)4-5-31-15-22(16-31)32-6-8-34-9-7-32/h2-3,10-13,18,22H,4-9,14-16H2,1H3. The number of nitrogens with zero attached hydrogens (tertiary/aromatic N) is 3. The van der Waals surface area contributed by atoms with Crippen LogP contribution in [0.1, 0.15) is 28.3 Å². The predicted octanol–water partition coefficient (Wildman–Crippen LogP) is 6.28. The van der Waals surface area contributed by atoms with Gasteiger partial charge in [-0.1, -0.05) is 52.5 Å². The van der Waals surface area contributed by atoms with Crippen molar-refractivity contribution >= 4 is 64.1 Å². The van der Waals surface area contributed by atoms with Crippen molar-refractivity contribution in [2.75, 3.05) is 57.8 Å². The summed E-state index contributed by atoms with van der Waals surface area (Å²) < 4.78 is 0. The molecule has 2 aromatic carbocycles. The van der Waals surface area contributed by atoms with Gasteiger partial charge in [0.05, 0.1) is 10.0 Å². The quantitative estimate of drug-likeness (QED) is 0.379. The molecule has 0 radical (unpaired) electrons. The number of hydrogen-bond acceptors (Lipinski definition) is 4. The molecule has 0 saturated carbocycles. The maximum Gasteiger partial charge on any atom is 0.253 e. The average Bonchev–Trinajstić information content (AvgIpc) is 2.78. The smallest absolute Gasteiger partial charge is 0.253 e. The second-order valence-electron chi connectivity index (χ2n) is 9.06. The number of amides is 1. The highest BCUT2D eigenvalue weighted by Gasteiger charge is 2.32. The van der Waals surface area contributed by atoms with Crippen LogP contribution in [0.25, 0.3) is 0 Å². The van der Waals surface area contributed by atoms with Crippen LogP contribution in [0, 0.1) is 0 Å². The highest BCUT2D eigenvalue weighted by Crippen LogP contribution is 2.30. The van der Waals surface area contributed by atoms with Crippen LogP contribution in [-0.4, -0.2) is 84.5 Å². The molecule has 2 aliphatic heterocycles. The summed E-state index contributed by atoms with van der Waals surface area (Å²) in [4.78, 5) is 20.0. The van der Waals surface area contributed by atoms with Crippen LogP contribution in [0.4, 0.5) is 0 Å². The van der Waals surface area contributed by atoms with Crippen molar-refractivity contribution in [3.63, 3.8) is 0 Å². The van der Waals surface area contributed by atoms with Crippen LogP contribution in [0.5, 0.6) is 0 Å². The Kier molecular flexibility index (Phi) is 9.36. The fourth-order valence-electron chi connectivity index (χ4n) is 4.68. The van der Waals surface area contributed by atoms with E-state index in [4.69, 9.17) is 46.4 Å². The van der Waals surface area contributed by atoms with E-state index >= 15 is 0 Å². The lowest BCUT2D eigenvalue weighted by atomic mass is 9.93. The first-order chi connectivity index (χ1) is 16.3. The molecule has 4 rings (SSSR count). The van der Waals surface area contributed by atoms with Gasteiger partial charge in [-0.3, -0.25) is 9.69 Å². The van der Waals surface area contributed by atoms with Crippen LogP contribution >= 0.6 is 58.2 Å². The molecule has 1 amide bonds. The van der Waals surface area contributed by atoms with Crippen LogP contribution in [-0.2, 0) is 0 Å². The number of thioether (sulfide) groups is 1. The first-order valence-corrected chi connectivity index (χ1v) is 14.2. The van der Waals surface area contributed by atoms with E-state index in [0.29, 0.717) is 38.2 Å². The van der Waals surface area contributed by atoms with Crippen molar-refractivity contribution in [2.45, 2.75) is 18.4 Å². The molecule has 2 aliphatic rings. The monoisotopic (exact) mass is 559 g/mol. The third kappa shape index (κ3) is 6.76. The van der Waals surface area contributed by atoms with Crippen LogP contribution in [0.3, 0.4) is 0 Å². The highest BCUT2D eigenvalue weighted by atomic mass is 35.5. The lowest BCUT2D eigenvalue weighted by molar-refractivity contribution is 0.0371. The Labute approximate surface area is 226 Å². The molecule has 2 aromatic rings. The van der Waals surface area contributed by atoms with E-state index < -0.39 is 0 Å². The Hall–Kier alpha value is -0.660. The van der Waals surface area contributed by atoms with Gasteiger partial charge in [-0.15, -0.1) is 0 Å². The number of halogens is 4. The molecule has 2 fully saturated rings. The van der Waals surface area contributed by atoms with Gasteiger partial charge in [0.1, 0.15) is 0 Å². The Balaban J connectivity index is 1.40.